The molecule has 0 spiro atoms. The van der Waals surface area contributed by atoms with Crippen LogP contribution in [-0.2, 0) is 15.0 Å². The van der Waals surface area contributed by atoms with E-state index in [-0.39, 0.29) is 24.4 Å². The Morgan fingerprint density at radius 1 is 1.06 bits per heavy atom. The number of anilines is 1. The molecular weight excluding hydrogens is 428 g/mol. The molecule has 1 aliphatic rings. The average molecular weight is 459 g/mol. The Hall–Kier alpha value is -2.75. The van der Waals surface area contributed by atoms with Crippen LogP contribution in [0.25, 0.3) is 0 Å². The van der Waals surface area contributed by atoms with Gasteiger partial charge in [-0.25, -0.2) is 0 Å². The molecule has 1 heterocycles. The van der Waals surface area contributed by atoms with Crippen molar-refractivity contribution < 1.29 is 18.0 Å². The van der Waals surface area contributed by atoms with Gasteiger partial charge in [0, 0.05) is 27.2 Å². The van der Waals surface area contributed by atoms with Crippen LogP contribution in [-0.4, -0.2) is 56.0 Å². The van der Waals surface area contributed by atoms with Crippen LogP contribution in [0.2, 0.25) is 0 Å². The molecule has 0 aromatic heterocycles. The highest BCUT2D eigenvalue weighted by molar-refractivity contribution is 7.86. The minimum atomic E-state index is -3.58. The van der Waals surface area contributed by atoms with E-state index in [0.29, 0.717) is 30.6 Å². The molecule has 1 saturated heterocycles. The molecule has 2 N–H and O–H groups in total. The van der Waals surface area contributed by atoms with Gasteiger partial charge >= 0.3 is 0 Å². The van der Waals surface area contributed by atoms with E-state index in [2.05, 4.69) is 10.6 Å². The second-order valence-electron chi connectivity index (χ2n) is 8.13. The molecule has 3 rings (SSSR count). The average Bonchev–Trinajstić information content (AvgIpc) is 2.79. The van der Waals surface area contributed by atoms with E-state index in [4.69, 9.17) is 0 Å². The number of nitrogens with zero attached hydrogens (tertiary/aromatic N) is 2. The predicted molar refractivity (Wildman–Crippen MR) is 124 cm³/mol. The van der Waals surface area contributed by atoms with Gasteiger partial charge in [0.2, 0.25) is 5.91 Å². The van der Waals surface area contributed by atoms with Gasteiger partial charge in [0.25, 0.3) is 16.1 Å². The van der Waals surface area contributed by atoms with Gasteiger partial charge in [0.05, 0.1) is 23.2 Å². The number of rotatable bonds is 7. The van der Waals surface area contributed by atoms with Crippen LogP contribution in [0.4, 0.5) is 5.69 Å². The summed E-state index contributed by atoms with van der Waals surface area (Å²) in [6.45, 7) is 2.41. The summed E-state index contributed by atoms with van der Waals surface area (Å²) in [5, 5.41) is 5.80. The van der Waals surface area contributed by atoms with E-state index < -0.39 is 16.1 Å². The Kier molecular flexibility index (Phi) is 7.65. The normalized spacial score (nSPS) is 18.2. The van der Waals surface area contributed by atoms with E-state index in [9.17, 15) is 18.0 Å². The Morgan fingerprint density at radius 3 is 2.41 bits per heavy atom. The summed E-state index contributed by atoms with van der Waals surface area (Å²) >= 11 is 0. The van der Waals surface area contributed by atoms with Gasteiger partial charge < -0.3 is 10.6 Å². The first-order valence-corrected chi connectivity index (χ1v) is 12.0. The van der Waals surface area contributed by atoms with Crippen molar-refractivity contribution in [3.63, 3.8) is 0 Å². The molecule has 32 heavy (non-hydrogen) atoms. The number of hydrogen-bond acceptors (Lipinski definition) is 4. The summed E-state index contributed by atoms with van der Waals surface area (Å²) in [6, 6.07) is 16.2. The van der Waals surface area contributed by atoms with Crippen LogP contribution >= 0.6 is 0 Å². The highest BCUT2D eigenvalue weighted by Gasteiger charge is 2.33. The maximum Gasteiger partial charge on any atom is 0.281 e. The number of amides is 2. The molecule has 0 aliphatic carbocycles. The molecule has 0 bridgehead atoms. The van der Waals surface area contributed by atoms with Gasteiger partial charge in [0.1, 0.15) is 0 Å². The Balaban J connectivity index is 1.70. The molecule has 0 saturated carbocycles. The fourth-order valence-corrected chi connectivity index (χ4v) is 4.91. The molecule has 2 amide bonds. The largest absolute Gasteiger partial charge is 0.345 e. The Morgan fingerprint density at radius 2 is 1.72 bits per heavy atom. The Bertz CT molecular complexity index is 1060. The zero-order chi connectivity index (χ0) is 23.3. The highest BCUT2D eigenvalue weighted by atomic mass is 32.2. The van der Waals surface area contributed by atoms with Crippen molar-refractivity contribution in [1.29, 1.82) is 0 Å². The third-order valence-corrected chi connectivity index (χ3v) is 7.53. The standard InChI is InChI=1S/C23H30N4O4S/c1-17(18-10-5-4-6-11-18)24-23(29)20-13-7-8-14-21(20)25-22(28)19-12-9-15-27(16-19)32(30,31)26(2)3/h4-8,10-11,13-14,17,19H,9,12,15-16H2,1-3H3,(H,24,29)(H,25,28)/t17-,19+/m1/s1. The number of carbonyl (C=O) groups excluding carboxylic acids is 2. The molecule has 2 aromatic carbocycles. The summed E-state index contributed by atoms with van der Waals surface area (Å²) in [4.78, 5) is 25.9. The second kappa shape index (κ2) is 10.2. The highest BCUT2D eigenvalue weighted by Crippen LogP contribution is 2.23. The summed E-state index contributed by atoms with van der Waals surface area (Å²) in [7, 11) is -0.625. The smallest absolute Gasteiger partial charge is 0.281 e. The predicted octanol–water partition coefficient (Wildman–Crippen LogP) is 2.63. The fourth-order valence-electron chi connectivity index (χ4n) is 3.72. The van der Waals surface area contributed by atoms with E-state index in [1.54, 1.807) is 24.3 Å². The van der Waals surface area contributed by atoms with E-state index in [0.717, 1.165) is 9.87 Å². The van der Waals surface area contributed by atoms with Crippen molar-refractivity contribution in [1.82, 2.24) is 13.9 Å². The third kappa shape index (κ3) is 5.53. The summed E-state index contributed by atoms with van der Waals surface area (Å²) in [5.74, 6) is -1.07. The van der Waals surface area contributed by atoms with Crippen molar-refractivity contribution in [2.45, 2.75) is 25.8 Å². The van der Waals surface area contributed by atoms with Crippen molar-refractivity contribution in [2.24, 2.45) is 5.92 Å². The van der Waals surface area contributed by atoms with Gasteiger partial charge in [-0.05, 0) is 37.5 Å². The maximum atomic E-state index is 13.0. The van der Waals surface area contributed by atoms with Crippen LogP contribution in [0.3, 0.4) is 0 Å². The molecule has 9 heteroatoms. The number of carbonyl (C=O) groups is 2. The minimum absolute atomic E-state index is 0.117. The number of piperidine rings is 1. The zero-order valence-electron chi connectivity index (χ0n) is 18.6. The van der Waals surface area contributed by atoms with Crippen molar-refractivity contribution in [3.8, 4) is 0 Å². The molecule has 0 radical (unpaired) electrons. The molecule has 1 aliphatic heterocycles. The van der Waals surface area contributed by atoms with E-state index in [1.807, 2.05) is 37.3 Å². The minimum Gasteiger partial charge on any atom is -0.345 e. The van der Waals surface area contributed by atoms with Gasteiger partial charge in [-0.3, -0.25) is 9.59 Å². The monoisotopic (exact) mass is 458 g/mol. The molecule has 2 atom stereocenters. The first-order chi connectivity index (χ1) is 15.2. The number of hydrogen-bond donors (Lipinski definition) is 2. The van der Waals surface area contributed by atoms with Gasteiger partial charge in [-0.1, -0.05) is 42.5 Å². The lowest BCUT2D eigenvalue weighted by atomic mass is 9.98. The lowest BCUT2D eigenvalue weighted by Gasteiger charge is -2.32. The van der Waals surface area contributed by atoms with Crippen molar-refractivity contribution in [3.05, 3.63) is 65.7 Å². The van der Waals surface area contributed by atoms with E-state index in [1.165, 1.54) is 18.4 Å². The first kappa shape index (κ1) is 23.9. The van der Waals surface area contributed by atoms with Crippen LogP contribution in [0.1, 0.15) is 41.7 Å². The molecule has 8 nitrogen and oxygen atoms in total. The van der Waals surface area contributed by atoms with Gasteiger partial charge in [-0.2, -0.15) is 17.0 Å². The molecular formula is C23H30N4O4S. The second-order valence-corrected chi connectivity index (χ2v) is 10.3. The first-order valence-electron chi connectivity index (χ1n) is 10.6. The van der Waals surface area contributed by atoms with Crippen LogP contribution in [0.15, 0.2) is 54.6 Å². The number of nitrogens with one attached hydrogen (secondary N) is 2. The summed E-state index contributed by atoms with van der Waals surface area (Å²) < 4.78 is 27.4. The van der Waals surface area contributed by atoms with Gasteiger partial charge in [0.15, 0.2) is 0 Å². The summed E-state index contributed by atoms with van der Waals surface area (Å²) in [6.07, 6.45) is 1.19. The topological polar surface area (TPSA) is 98.8 Å². The quantitative estimate of drug-likeness (QED) is 0.666. The number of benzene rings is 2. The van der Waals surface area contributed by atoms with Crippen LogP contribution in [0.5, 0.6) is 0 Å². The maximum absolute atomic E-state index is 13.0. The van der Waals surface area contributed by atoms with Gasteiger partial charge in [-0.15, -0.1) is 0 Å². The summed E-state index contributed by atoms with van der Waals surface area (Å²) in [5.41, 5.74) is 1.74. The fraction of sp³-hybridized carbons (Fsp3) is 0.391. The SMILES string of the molecule is C[C@@H](NC(=O)c1ccccc1NC(=O)[C@H]1CCCN(S(=O)(=O)N(C)C)C1)c1ccccc1. The van der Waals surface area contributed by atoms with Crippen molar-refractivity contribution in [2.75, 3.05) is 32.5 Å². The molecule has 1 fully saturated rings. The number of para-hydroxylation sites is 1. The van der Waals surface area contributed by atoms with Crippen LogP contribution in [0, 0.1) is 5.92 Å². The van der Waals surface area contributed by atoms with E-state index >= 15 is 0 Å². The molecule has 172 valence electrons. The zero-order valence-corrected chi connectivity index (χ0v) is 19.4. The van der Waals surface area contributed by atoms with Crippen molar-refractivity contribution >= 4 is 27.7 Å². The lowest BCUT2D eigenvalue weighted by Crippen LogP contribution is -2.47. The molecule has 2 aromatic rings. The lowest BCUT2D eigenvalue weighted by molar-refractivity contribution is -0.120. The Labute approximate surface area is 189 Å². The third-order valence-electron chi connectivity index (χ3n) is 5.62. The van der Waals surface area contributed by atoms with Crippen LogP contribution < -0.4 is 10.6 Å². The molecule has 0 unspecified atom stereocenters.